The zero-order chi connectivity index (χ0) is 18.1. The second-order valence-electron chi connectivity index (χ2n) is 7.36. The summed E-state index contributed by atoms with van der Waals surface area (Å²) in [7, 11) is 0. The molecule has 0 radical (unpaired) electrons. The van der Waals surface area contributed by atoms with Gasteiger partial charge < -0.3 is 14.6 Å². The van der Waals surface area contributed by atoms with Crippen LogP contribution < -0.4 is 5.32 Å². The van der Waals surface area contributed by atoms with Crippen LogP contribution in [0.4, 0.5) is 11.5 Å². The van der Waals surface area contributed by atoms with Crippen molar-refractivity contribution >= 4 is 22.4 Å². The third kappa shape index (κ3) is 3.19. The lowest BCUT2D eigenvalue weighted by Crippen LogP contribution is -2.14. The molecule has 1 aliphatic rings. The summed E-state index contributed by atoms with van der Waals surface area (Å²) >= 11 is 0. The Hall–Kier alpha value is -2.40. The lowest BCUT2D eigenvalue weighted by molar-refractivity contribution is 0.0980. The number of nitrogens with one attached hydrogen (secondary N) is 1. The highest BCUT2D eigenvalue weighted by Gasteiger charge is 2.18. The van der Waals surface area contributed by atoms with Crippen molar-refractivity contribution in [2.75, 3.05) is 11.9 Å². The van der Waals surface area contributed by atoms with E-state index in [0.717, 1.165) is 48.6 Å². The first-order valence-corrected chi connectivity index (χ1v) is 9.41. The molecule has 0 bridgehead atoms. The Labute approximate surface area is 154 Å². The average molecular weight is 350 g/mol. The molecule has 1 fully saturated rings. The molecule has 5 heteroatoms. The predicted molar refractivity (Wildman–Crippen MR) is 105 cm³/mol. The van der Waals surface area contributed by atoms with Crippen LogP contribution in [-0.2, 0) is 11.3 Å². The monoisotopic (exact) mass is 350 g/mol. The molecule has 136 valence electrons. The average Bonchev–Trinajstić information content (AvgIpc) is 3.28. The largest absolute Gasteiger partial charge is 0.376 e. The van der Waals surface area contributed by atoms with Crippen molar-refractivity contribution in [1.82, 2.24) is 14.5 Å². The molecule has 4 rings (SSSR count). The Balaban J connectivity index is 1.69. The number of anilines is 2. The van der Waals surface area contributed by atoms with Gasteiger partial charge in [0.25, 0.3) is 0 Å². The van der Waals surface area contributed by atoms with Gasteiger partial charge in [-0.15, -0.1) is 0 Å². The van der Waals surface area contributed by atoms with Gasteiger partial charge in [-0.25, -0.2) is 4.98 Å². The number of fused-ring (bicyclic) bond motifs is 1. The number of aryl methyl sites for hydroxylation is 1. The van der Waals surface area contributed by atoms with Crippen LogP contribution >= 0.6 is 0 Å². The molecule has 0 saturated carbocycles. The molecule has 3 aromatic heterocycles. The van der Waals surface area contributed by atoms with Gasteiger partial charge in [0.15, 0.2) is 0 Å². The van der Waals surface area contributed by atoms with Crippen LogP contribution in [0.5, 0.6) is 0 Å². The molecule has 26 heavy (non-hydrogen) atoms. The summed E-state index contributed by atoms with van der Waals surface area (Å²) in [6.07, 6.45) is 8.51. The SMILES string of the molecule is Cc1ccnc(C(C)C)c1Nc1nccc2c1ccn2CC1CCCO1. The third-order valence-corrected chi connectivity index (χ3v) is 5.10. The van der Waals surface area contributed by atoms with Crippen molar-refractivity contribution in [3.63, 3.8) is 0 Å². The number of rotatable bonds is 5. The van der Waals surface area contributed by atoms with Gasteiger partial charge in [0, 0.05) is 37.1 Å². The number of hydrogen-bond donors (Lipinski definition) is 1. The fourth-order valence-electron chi connectivity index (χ4n) is 3.69. The van der Waals surface area contributed by atoms with E-state index in [1.807, 2.05) is 18.5 Å². The zero-order valence-electron chi connectivity index (χ0n) is 15.7. The number of nitrogens with zero attached hydrogens (tertiary/aromatic N) is 3. The van der Waals surface area contributed by atoms with Crippen molar-refractivity contribution in [2.45, 2.75) is 52.2 Å². The molecular weight excluding hydrogens is 324 g/mol. The topological polar surface area (TPSA) is 52.0 Å². The van der Waals surface area contributed by atoms with E-state index in [1.165, 1.54) is 11.1 Å². The molecule has 0 aliphatic carbocycles. The Morgan fingerprint density at radius 2 is 2.08 bits per heavy atom. The van der Waals surface area contributed by atoms with Gasteiger partial charge >= 0.3 is 0 Å². The van der Waals surface area contributed by atoms with Crippen LogP contribution in [-0.4, -0.2) is 27.2 Å². The Bertz CT molecular complexity index is 910. The number of hydrogen-bond acceptors (Lipinski definition) is 4. The summed E-state index contributed by atoms with van der Waals surface area (Å²) in [5.74, 6) is 1.23. The van der Waals surface area contributed by atoms with Gasteiger partial charge in [-0.3, -0.25) is 4.98 Å². The molecule has 0 aromatic carbocycles. The molecule has 4 heterocycles. The summed E-state index contributed by atoms with van der Waals surface area (Å²) in [5, 5.41) is 4.68. The fourth-order valence-corrected chi connectivity index (χ4v) is 3.69. The smallest absolute Gasteiger partial charge is 0.139 e. The highest BCUT2D eigenvalue weighted by molar-refractivity contribution is 5.92. The first kappa shape index (κ1) is 17.0. The van der Waals surface area contributed by atoms with Crippen molar-refractivity contribution in [3.8, 4) is 0 Å². The van der Waals surface area contributed by atoms with E-state index in [9.17, 15) is 0 Å². The fraction of sp³-hybridized carbons (Fsp3) is 0.429. The lowest BCUT2D eigenvalue weighted by atomic mass is 10.0. The van der Waals surface area contributed by atoms with E-state index >= 15 is 0 Å². The van der Waals surface area contributed by atoms with E-state index in [0.29, 0.717) is 12.0 Å². The number of aromatic nitrogens is 3. The normalized spacial score (nSPS) is 17.3. The summed E-state index contributed by atoms with van der Waals surface area (Å²) < 4.78 is 8.07. The van der Waals surface area contributed by atoms with Crippen molar-refractivity contribution in [3.05, 3.63) is 48.0 Å². The minimum absolute atomic E-state index is 0.322. The van der Waals surface area contributed by atoms with E-state index in [-0.39, 0.29) is 0 Å². The van der Waals surface area contributed by atoms with Crippen LogP contribution in [0.2, 0.25) is 0 Å². The van der Waals surface area contributed by atoms with Gasteiger partial charge in [0.1, 0.15) is 5.82 Å². The quantitative estimate of drug-likeness (QED) is 0.719. The van der Waals surface area contributed by atoms with Crippen LogP contribution in [0, 0.1) is 6.92 Å². The van der Waals surface area contributed by atoms with Crippen LogP contribution in [0.1, 0.15) is 43.9 Å². The Kier molecular flexibility index (Phi) is 4.64. The van der Waals surface area contributed by atoms with Crippen molar-refractivity contribution in [2.24, 2.45) is 0 Å². The van der Waals surface area contributed by atoms with E-state index in [4.69, 9.17) is 4.74 Å². The first-order chi connectivity index (χ1) is 12.6. The third-order valence-electron chi connectivity index (χ3n) is 5.10. The summed E-state index contributed by atoms with van der Waals surface area (Å²) in [4.78, 5) is 9.18. The van der Waals surface area contributed by atoms with Crippen LogP contribution in [0.3, 0.4) is 0 Å². The molecular formula is C21H26N4O. The second-order valence-corrected chi connectivity index (χ2v) is 7.36. The lowest BCUT2D eigenvalue weighted by Gasteiger charge is -2.16. The van der Waals surface area contributed by atoms with Gasteiger partial charge in [-0.05, 0) is 49.4 Å². The molecule has 5 nitrogen and oxygen atoms in total. The molecule has 1 aliphatic heterocycles. The molecule has 1 saturated heterocycles. The Morgan fingerprint density at radius 1 is 1.23 bits per heavy atom. The highest BCUT2D eigenvalue weighted by Crippen LogP contribution is 2.31. The molecule has 0 spiro atoms. The summed E-state index contributed by atoms with van der Waals surface area (Å²) in [6.45, 7) is 8.23. The number of pyridine rings is 2. The van der Waals surface area contributed by atoms with Gasteiger partial charge in [-0.2, -0.15) is 0 Å². The van der Waals surface area contributed by atoms with Gasteiger partial charge in [0.2, 0.25) is 0 Å². The maximum Gasteiger partial charge on any atom is 0.139 e. The minimum Gasteiger partial charge on any atom is -0.376 e. The van der Waals surface area contributed by atoms with Crippen LogP contribution in [0.25, 0.3) is 10.9 Å². The Morgan fingerprint density at radius 3 is 2.85 bits per heavy atom. The van der Waals surface area contributed by atoms with Gasteiger partial charge in [0.05, 0.1) is 23.0 Å². The molecule has 1 atom stereocenters. The predicted octanol–water partition coefficient (Wildman–Crippen LogP) is 4.79. The van der Waals surface area contributed by atoms with Crippen molar-refractivity contribution < 1.29 is 4.74 Å². The summed E-state index contributed by atoms with van der Waals surface area (Å²) in [5.41, 5.74) is 4.50. The van der Waals surface area contributed by atoms with Crippen LogP contribution in [0.15, 0.2) is 36.8 Å². The zero-order valence-corrected chi connectivity index (χ0v) is 15.7. The highest BCUT2D eigenvalue weighted by atomic mass is 16.5. The summed E-state index contributed by atoms with van der Waals surface area (Å²) in [6, 6.07) is 6.26. The molecule has 3 aromatic rings. The van der Waals surface area contributed by atoms with E-state index in [2.05, 4.69) is 59.0 Å². The van der Waals surface area contributed by atoms with E-state index in [1.54, 1.807) is 0 Å². The second kappa shape index (κ2) is 7.08. The maximum absolute atomic E-state index is 5.80. The number of ether oxygens (including phenoxy) is 1. The van der Waals surface area contributed by atoms with Gasteiger partial charge in [-0.1, -0.05) is 13.8 Å². The first-order valence-electron chi connectivity index (χ1n) is 9.41. The van der Waals surface area contributed by atoms with E-state index < -0.39 is 0 Å². The molecule has 1 N–H and O–H groups in total. The maximum atomic E-state index is 5.80. The standard InChI is InChI=1S/C21H26N4O/c1-14(2)19-20(15(3)6-9-22-19)24-21-17-8-11-25(18(17)7-10-23-21)13-16-5-4-12-26-16/h6-11,14,16H,4-5,12-13H2,1-3H3,(H,23,24). The molecule has 1 unspecified atom stereocenters. The molecule has 0 amide bonds. The minimum atomic E-state index is 0.322. The van der Waals surface area contributed by atoms with Crippen molar-refractivity contribution in [1.29, 1.82) is 0 Å².